The van der Waals surface area contributed by atoms with E-state index in [1.54, 1.807) is 0 Å². The Labute approximate surface area is 131 Å². The molecule has 0 radical (unpaired) electrons. The number of hydrogen-bond donors (Lipinski definition) is 1. The molecule has 0 saturated heterocycles. The van der Waals surface area contributed by atoms with Gasteiger partial charge in [0.15, 0.2) is 0 Å². The highest BCUT2D eigenvalue weighted by Crippen LogP contribution is 2.37. The van der Waals surface area contributed by atoms with E-state index in [4.69, 9.17) is 9.84 Å². The Bertz CT molecular complexity index is 813. The number of benzene rings is 3. The maximum Gasteiger partial charge on any atom is 0.135 e. The van der Waals surface area contributed by atoms with Crippen LogP contribution >= 0.6 is 0 Å². The van der Waals surface area contributed by atoms with E-state index in [0.717, 1.165) is 21.9 Å². The van der Waals surface area contributed by atoms with Crippen LogP contribution in [0, 0.1) is 0 Å². The van der Waals surface area contributed by atoms with Crippen LogP contribution in [-0.2, 0) is 5.41 Å². The van der Waals surface area contributed by atoms with E-state index in [-0.39, 0.29) is 12.0 Å². The van der Waals surface area contributed by atoms with Crippen LogP contribution in [0.3, 0.4) is 0 Å². The molecule has 0 heterocycles. The lowest BCUT2D eigenvalue weighted by atomic mass is 9.85. The molecule has 0 aliphatic heterocycles. The second-order valence-corrected chi connectivity index (χ2v) is 6.68. The van der Waals surface area contributed by atoms with E-state index in [0.29, 0.717) is 6.61 Å². The molecule has 22 heavy (non-hydrogen) atoms. The van der Waals surface area contributed by atoms with Gasteiger partial charge in [0.05, 0.1) is 6.61 Å². The predicted molar refractivity (Wildman–Crippen MR) is 92.7 cm³/mol. The Morgan fingerprint density at radius 3 is 2.36 bits per heavy atom. The van der Waals surface area contributed by atoms with E-state index < -0.39 is 0 Å². The van der Waals surface area contributed by atoms with Gasteiger partial charge in [0.1, 0.15) is 12.4 Å². The summed E-state index contributed by atoms with van der Waals surface area (Å²) < 4.78 is 5.90. The molecule has 0 amide bonds. The molecular formula is C20H22O2. The van der Waals surface area contributed by atoms with Crippen LogP contribution < -0.4 is 4.74 Å². The maximum absolute atomic E-state index is 9.13. The largest absolute Gasteiger partial charge is 0.490 e. The molecule has 3 aromatic rings. The van der Waals surface area contributed by atoms with E-state index >= 15 is 0 Å². The first-order chi connectivity index (χ1) is 10.5. The van der Waals surface area contributed by atoms with Crippen molar-refractivity contribution in [2.75, 3.05) is 13.2 Å². The highest BCUT2D eigenvalue weighted by atomic mass is 16.5. The van der Waals surface area contributed by atoms with Crippen LogP contribution in [-0.4, -0.2) is 18.3 Å². The molecule has 0 aliphatic carbocycles. The van der Waals surface area contributed by atoms with E-state index in [9.17, 15) is 0 Å². The molecular weight excluding hydrogens is 272 g/mol. The fourth-order valence-electron chi connectivity index (χ4n) is 2.79. The Balaban J connectivity index is 2.32. The summed E-state index contributed by atoms with van der Waals surface area (Å²) in [4.78, 5) is 0. The van der Waals surface area contributed by atoms with Crippen LogP contribution in [0.2, 0.25) is 0 Å². The zero-order valence-electron chi connectivity index (χ0n) is 13.4. The van der Waals surface area contributed by atoms with Gasteiger partial charge >= 0.3 is 0 Å². The van der Waals surface area contributed by atoms with E-state index in [2.05, 4.69) is 57.2 Å². The minimum absolute atomic E-state index is 0.0175. The second kappa shape index (κ2) is 5.62. The first kappa shape index (κ1) is 14.9. The fourth-order valence-corrected chi connectivity index (χ4v) is 2.79. The van der Waals surface area contributed by atoms with Crippen molar-refractivity contribution in [2.24, 2.45) is 0 Å². The molecule has 0 unspecified atom stereocenters. The zero-order chi connectivity index (χ0) is 15.7. The van der Waals surface area contributed by atoms with E-state index in [1.807, 2.05) is 12.1 Å². The van der Waals surface area contributed by atoms with Crippen LogP contribution in [0.4, 0.5) is 0 Å². The molecule has 0 aliphatic rings. The molecule has 0 aromatic heterocycles. The third-order valence-corrected chi connectivity index (χ3v) is 4.02. The van der Waals surface area contributed by atoms with Gasteiger partial charge in [0.25, 0.3) is 0 Å². The molecule has 0 saturated carbocycles. The molecule has 3 rings (SSSR count). The first-order valence-electron chi connectivity index (χ1n) is 7.70. The van der Waals surface area contributed by atoms with Gasteiger partial charge in [-0.2, -0.15) is 0 Å². The quantitative estimate of drug-likeness (QED) is 0.712. The maximum atomic E-state index is 9.13. The molecule has 3 aromatic carbocycles. The van der Waals surface area contributed by atoms with Gasteiger partial charge in [-0.3, -0.25) is 0 Å². The number of aliphatic hydroxyl groups is 1. The summed E-state index contributed by atoms with van der Waals surface area (Å²) in [6.07, 6.45) is 0. The molecule has 0 atom stereocenters. The van der Waals surface area contributed by atoms with Crippen LogP contribution in [0.25, 0.3) is 21.5 Å². The number of hydrogen-bond acceptors (Lipinski definition) is 2. The Hall–Kier alpha value is -2.06. The van der Waals surface area contributed by atoms with Crippen LogP contribution in [0.5, 0.6) is 5.75 Å². The summed E-state index contributed by atoms with van der Waals surface area (Å²) in [5.41, 5.74) is 1.37. The van der Waals surface area contributed by atoms with Crippen molar-refractivity contribution < 1.29 is 9.84 Å². The average Bonchev–Trinajstić information content (AvgIpc) is 2.50. The number of fused-ring (bicyclic) bond motifs is 2. The molecule has 1 N–H and O–H groups in total. The Morgan fingerprint density at radius 1 is 0.909 bits per heavy atom. The normalized spacial score (nSPS) is 12.0. The molecule has 0 fully saturated rings. The average molecular weight is 294 g/mol. The second-order valence-electron chi connectivity index (χ2n) is 6.68. The number of rotatable bonds is 3. The third kappa shape index (κ3) is 2.67. The minimum atomic E-state index is 0.0175. The molecule has 0 spiro atoms. The SMILES string of the molecule is CC(C)(C)c1ccc2cc3ccccc3c(OCCO)c2c1. The lowest BCUT2D eigenvalue weighted by Crippen LogP contribution is -2.11. The molecule has 2 heteroatoms. The van der Waals surface area contributed by atoms with Crippen molar-refractivity contribution in [3.8, 4) is 5.75 Å². The topological polar surface area (TPSA) is 29.5 Å². The van der Waals surface area contributed by atoms with Gasteiger partial charge in [-0.05, 0) is 33.9 Å². The molecule has 2 nitrogen and oxygen atoms in total. The number of aliphatic hydroxyl groups excluding tert-OH is 1. The highest BCUT2D eigenvalue weighted by molar-refractivity contribution is 6.05. The summed E-state index contributed by atoms with van der Waals surface area (Å²) in [6, 6.07) is 17.0. The number of ether oxygens (including phenoxy) is 1. The van der Waals surface area contributed by atoms with E-state index in [1.165, 1.54) is 10.9 Å². The minimum Gasteiger partial charge on any atom is -0.490 e. The van der Waals surface area contributed by atoms with Crippen LogP contribution in [0.15, 0.2) is 48.5 Å². The fraction of sp³-hybridized carbons (Fsp3) is 0.300. The smallest absolute Gasteiger partial charge is 0.135 e. The van der Waals surface area contributed by atoms with Gasteiger partial charge in [0.2, 0.25) is 0 Å². The third-order valence-electron chi connectivity index (χ3n) is 4.02. The van der Waals surface area contributed by atoms with Gasteiger partial charge in [-0.1, -0.05) is 57.2 Å². The zero-order valence-corrected chi connectivity index (χ0v) is 13.4. The van der Waals surface area contributed by atoms with Crippen molar-refractivity contribution in [1.82, 2.24) is 0 Å². The van der Waals surface area contributed by atoms with Crippen molar-refractivity contribution >= 4 is 21.5 Å². The van der Waals surface area contributed by atoms with Crippen molar-refractivity contribution in [2.45, 2.75) is 26.2 Å². The van der Waals surface area contributed by atoms with Crippen molar-refractivity contribution in [3.05, 3.63) is 54.1 Å². The van der Waals surface area contributed by atoms with Gasteiger partial charge in [0, 0.05) is 10.8 Å². The summed E-state index contributed by atoms with van der Waals surface area (Å²) in [5, 5.41) is 13.7. The van der Waals surface area contributed by atoms with Gasteiger partial charge < -0.3 is 9.84 Å². The summed E-state index contributed by atoms with van der Waals surface area (Å²) in [7, 11) is 0. The highest BCUT2D eigenvalue weighted by Gasteiger charge is 2.16. The Kier molecular flexibility index (Phi) is 3.79. The lowest BCUT2D eigenvalue weighted by molar-refractivity contribution is 0.204. The van der Waals surface area contributed by atoms with Crippen LogP contribution in [0.1, 0.15) is 26.3 Å². The molecule has 114 valence electrons. The molecule has 0 bridgehead atoms. The van der Waals surface area contributed by atoms with Gasteiger partial charge in [-0.15, -0.1) is 0 Å². The van der Waals surface area contributed by atoms with Crippen molar-refractivity contribution in [1.29, 1.82) is 0 Å². The monoisotopic (exact) mass is 294 g/mol. The van der Waals surface area contributed by atoms with Crippen molar-refractivity contribution in [3.63, 3.8) is 0 Å². The summed E-state index contributed by atoms with van der Waals surface area (Å²) in [5.74, 6) is 0.869. The standard InChI is InChI=1S/C20H22O2/c1-20(2,3)16-9-8-15-12-14-6-4-5-7-17(14)19(18(15)13-16)22-11-10-21/h4-9,12-13,21H,10-11H2,1-3H3. The Morgan fingerprint density at radius 2 is 1.64 bits per heavy atom. The lowest BCUT2D eigenvalue weighted by Gasteiger charge is -2.21. The van der Waals surface area contributed by atoms with Gasteiger partial charge in [-0.25, -0.2) is 0 Å². The summed E-state index contributed by atoms with van der Waals surface area (Å²) >= 11 is 0. The summed E-state index contributed by atoms with van der Waals surface area (Å²) in [6.45, 7) is 6.96. The predicted octanol–water partition coefficient (Wildman–Crippen LogP) is 4.66. The first-order valence-corrected chi connectivity index (χ1v) is 7.70.